The molecule has 2 aromatic heterocycles. The number of hydrogen-bond acceptors (Lipinski definition) is 5. The van der Waals surface area contributed by atoms with Gasteiger partial charge in [-0.2, -0.15) is 0 Å². The van der Waals surface area contributed by atoms with E-state index in [1.807, 2.05) is 54.1 Å². The molecule has 1 atom stereocenters. The number of piperazine rings is 1. The van der Waals surface area contributed by atoms with Gasteiger partial charge in [-0.15, -0.1) is 0 Å². The molecule has 1 unspecified atom stereocenters. The fourth-order valence-electron chi connectivity index (χ4n) is 3.71. The van der Waals surface area contributed by atoms with Crippen LogP contribution in [-0.2, 0) is 17.8 Å². The maximum atomic E-state index is 10.9. The van der Waals surface area contributed by atoms with Crippen LogP contribution in [0.5, 0.6) is 5.75 Å². The van der Waals surface area contributed by atoms with Crippen molar-refractivity contribution in [2.45, 2.75) is 25.5 Å². The number of benzene rings is 1. The zero-order chi connectivity index (χ0) is 20.6. The Kier molecular flexibility index (Phi) is 6.59. The number of amides is 1. The lowest BCUT2D eigenvalue weighted by Crippen LogP contribution is -2.45. The number of nitrogens with zero attached hydrogens (tertiary/aromatic N) is 5. The zero-order valence-electron chi connectivity index (χ0n) is 17.0. The Bertz CT molecular complexity index is 891. The topological polar surface area (TPSA) is 63.5 Å². The number of pyridine rings is 1. The smallest absolute Gasteiger partial charge is 0.209 e. The molecule has 3 aromatic rings. The van der Waals surface area contributed by atoms with Crippen LogP contribution in [0.25, 0.3) is 0 Å². The monoisotopic (exact) mass is 405 g/mol. The van der Waals surface area contributed by atoms with Gasteiger partial charge in [-0.05, 0) is 54.8 Å². The van der Waals surface area contributed by atoms with Crippen molar-refractivity contribution in [3.8, 4) is 5.75 Å². The predicted octanol–water partition coefficient (Wildman–Crippen LogP) is 2.64. The van der Waals surface area contributed by atoms with Crippen LogP contribution < -0.4 is 9.64 Å². The molecule has 1 aliphatic heterocycles. The molecule has 0 N–H and O–H groups in total. The second-order valence-electron chi connectivity index (χ2n) is 7.52. The lowest BCUT2D eigenvalue weighted by molar-refractivity contribution is -0.118. The molecule has 1 saturated heterocycles. The number of rotatable bonds is 9. The Hall–Kier alpha value is -3.35. The van der Waals surface area contributed by atoms with Crippen molar-refractivity contribution in [3.05, 3.63) is 73.1 Å². The van der Waals surface area contributed by atoms with E-state index in [4.69, 9.17) is 4.74 Å². The summed E-state index contributed by atoms with van der Waals surface area (Å²) in [7, 11) is 0. The van der Waals surface area contributed by atoms with E-state index in [0.717, 1.165) is 63.4 Å². The summed E-state index contributed by atoms with van der Waals surface area (Å²) in [6.45, 7) is 4.00. The van der Waals surface area contributed by atoms with Crippen LogP contribution in [0.1, 0.15) is 12.0 Å². The van der Waals surface area contributed by atoms with Crippen LogP contribution >= 0.6 is 0 Å². The molecule has 0 radical (unpaired) electrons. The van der Waals surface area contributed by atoms with Gasteiger partial charge in [-0.3, -0.25) is 9.78 Å². The normalized spacial score (nSPS) is 15.1. The Balaban J connectivity index is 1.38. The van der Waals surface area contributed by atoms with Crippen LogP contribution in [0.2, 0.25) is 0 Å². The number of ether oxygens (including phenoxy) is 1. The maximum absolute atomic E-state index is 10.9. The number of hydrogen-bond donors (Lipinski definition) is 0. The Morgan fingerprint density at radius 1 is 0.967 bits per heavy atom. The quantitative estimate of drug-likeness (QED) is 0.512. The molecule has 0 aliphatic carbocycles. The van der Waals surface area contributed by atoms with E-state index < -0.39 is 0 Å². The summed E-state index contributed by atoms with van der Waals surface area (Å²) in [6, 6.07) is 12.4. The highest BCUT2D eigenvalue weighted by atomic mass is 16.5. The van der Waals surface area contributed by atoms with Crippen molar-refractivity contribution in [1.29, 1.82) is 0 Å². The Morgan fingerprint density at radius 2 is 1.73 bits per heavy atom. The minimum atomic E-state index is 0.0364. The molecular formula is C23H27N5O2. The Labute approximate surface area is 176 Å². The number of carbonyl (C=O) groups excluding carboxylic acids is 1. The van der Waals surface area contributed by atoms with Crippen LogP contribution in [0.4, 0.5) is 5.69 Å². The lowest BCUT2D eigenvalue weighted by Gasteiger charge is -2.34. The van der Waals surface area contributed by atoms with Gasteiger partial charge in [0.05, 0.1) is 12.9 Å². The molecular weight excluding hydrogens is 378 g/mol. The molecule has 1 aliphatic rings. The van der Waals surface area contributed by atoms with Crippen molar-refractivity contribution in [2.24, 2.45) is 0 Å². The van der Waals surface area contributed by atoms with E-state index in [1.165, 1.54) is 5.56 Å². The van der Waals surface area contributed by atoms with E-state index >= 15 is 0 Å². The third kappa shape index (κ3) is 5.37. The van der Waals surface area contributed by atoms with Gasteiger partial charge in [0, 0.05) is 56.7 Å². The summed E-state index contributed by atoms with van der Waals surface area (Å²) in [5, 5.41) is 0. The van der Waals surface area contributed by atoms with E-state index in [2.05, 4.69) is 31.6 Å². The number of aryl methyl sites for hydroxylation is 1. The second-order valence-corrected chi connectivity index (χ2v) is 7.52. The number of aromatic nitrogens is 3. The van der Waals surface area contributed by atoms with Gasteiger partial charge in [-0.25, -0.2) is 4.98 Å². The second kappa shape index (κ2) is 9.91. The molecule has 7 heteroatoms. The summed E-state index contributed by atoms with van der Waals surface area (Å²) in [5.41, 5.74) is 2.42. The minimum absolute atomic E-state index is 0.0364. The third-order valence-corrected chi connectivity index (χ3v) is 5.45. The van der Waals surface area contributed by atoms with E-state index in [-0.39, 0.29) is 6.10 Å². The standard InChI is InChI=1S/C23H27N5O2/c29-19-26-13-15-28(16-14-26)21-2-5-22(6-3-21)30-23(17-27-12-11-25-18-27)4-1-20-7-9-24-10-8-20/h2-3,5-12,18-19,23H,1,4,13-17H2. The molecule has 1 amide bonds. The fourth-order valence-corrected chi connectivity index (χ4v) is 3.71. The summed E-state index contributed by atoms with van der Waals surface area (Å²) < 4.78 is 8.40. The maximum Gasteiger partial charge on any atom is 0.209 e. The molecule has 1 fully saturated rings. The molecule has 0 spiro atoms. The van der Waals surface area contributed by atoms with Gasteiger partial charge < -0.3 is 19.1 Å². The van der Waals surface area contributed by atoms with Gasteiger partial charge in [0.15, 0.2) is 0 Å². The molecule has 0 bridgehead atoms. The summed E-state index contributed by atoms with van der Waals surface area (Å²) in [4.78, 5) is 23.2. The fraction of sp³-hybridized carbons (Fsp3) is 0.348. The average Bonchev–Trinajstić information content (AvgIpc) is 3.32. The molecule has 1 aromatic carbocycles. The minimum Gasteiger partial charge on any atom is -0.489 e. The van der Waals surface area contributed by atoms with Gasteiger partial charge in [-0.1, -0.05) is 0 Å². The summed E-state index contributed by atoms with van der Waals surface area (Å²) in [6.07, 6.45) is 12.0. The molecule has 156 valence electrons. The number of anilines is 1. The van der Waals surface area contributed by atoms with Crippen molar-refractivity contribution < 1.29 is 9.53 Å². The van der Waals surface area contributed by atoms with Crippen LogP contribution in [0.3, 0.4) is 0 Å². The summed E-state index contributed by atoms with van der Waals surface area (Å²) >= 11 is 0. The first-order valence-corrected chi connectivity index (χ1v) is 10.4. The van der Waals surface area contributed by atoms with E-state index in [0.29, 0.717) is 0 Å². The first-order chi connectivity index (χ1) is 14.8. The molecule has 4 rings (SSSR count). The predicted molar refractivity (Wildman–Crippen MR) is 115 cm³/mol. The average molecular weight is 406 g/mol. The number of imidazole rings is 1. The molecule has 0 saturated carbocycles. The van der Waals surface area contributed by atoms with Crippen molar-refractivity contribution >= 4 is 12.1 Å². The van der Waals surface area contributed by atoms with E-state index in [1.54, 1.807) is 6.20 Å². The summed E-state index contributed by atoms with van der Waals surface area (Å²) in [5.74, 6) is 0.866. The molecule has 30 heavy (non-hydrogen) atoms. The van der Waals surface area contributed by atoms with Gasteiger partial charge in [0.2, 0.25) is 6.41 Å². The van der Waals surface area contributed by atoms with Gasteiger partial charge >= 0.3 is 0 Å². The van der Waals surface area contributed by atoms with E-state index in [9.17, 15) is 4.79 Å². The Morgan fingerprint density at radius 3 is 2.40 bits per heavy atom. The first-order valence-electron chi connectivity index (χ1n) is 10.4. The SMILES string of the molecule is O=CN1CCN(c2ccc(OC(CCc3ccncc3)Cn3ccnc3)cc2)CC1. The largest absolute Gasteiger partial charge is 0.489 e. The van der Waals surface area contributed by atoms with Crippen molar-refractivity contribution in [2.75, 3.05) is 31.1 Å². The van der Waals surface area contributed by atoms with Gasteiger partial charge in [0.1, 0.15) is 11.9 Å². The number of carbonyl (C=O) groups is 1. The highest BCUT2D eigenvalue weighted by Gasteiger charge is 2.16. The molecule has 7 nitrogen and oxygen atoms in total. The van der Waals surface area contributed by atoms with Crippen LogP contribution in [0.15, 0.2) is 67.5 Å². The third-order valence-electron chi connectivity index (χ3n) is 5.45. The highest BCUT2D eigenvalue weighted by Crippen LogP contribution is 2.22. The highest BCUT2D eigenvalue weighted by molar-refractivity contribution is 5.52. The lowest BCUT2D eigenvalue weighted by atomic mass is 10.1. The first kappa shape index (κ1) is 19.9. The zero-order valence-corrected chi connectivity index (χ0v) is 17.0. The van der Waals surface area contributed by atoms with Gasteiger partial charge in [0.25, 0.3) is 0 Å². The van der Waals surface area contributed by atoms with Crippen molar-refractivity contribution in [1.82, 2.24) is 19.4 Å². The van der Waals surface area contributed by atoms with Crippen molar-refractivity contribution in [3.63, 3.8) is 0 Å². The molecule has 3 heterocycles. The van der Waals surface area contributed by atoms with Crippen LogP contribution in [-0.4, -0.2) is 58.1 Å². The van der Waals surface area contributed by atoms with Crippen LogP contribution in [0, 0.1) is 0 Å².